The van der Waals surface area contributed by atoms with Gasteiger partial charge in [0.2, 0.25) is 0 Å². The highest BCUT2D eigenvalue weighted by Gasteiger charge is 2.51. The Morgan fingerprint density at radius 3 is 2.33 bits per heavy atom. The number of ether oxygens (including phenoxy) is 1. The van der Waals surface area contributed by atoms with E-state index in [0.29, 0.717) is 0 Å². The fourth-order valence-electron chi connectivity index (χ4n) is 2.23. The van der Waals surface area contributed by atoms with Crippen LogP contribution in [0.1, 0.15) is 12.8 Å². The second-order valence-corrected chi connectivity index (χ2v) is 4.85. The van der Waals surface area contributed by atoms with Crippen molar-refractivity contribution >= 4 is 5.97 Å². The maximum absolute atomic E-state index is 11.6. The van der Waals surface area contributed by atoms with Gasteiger partial charge in [0, 0.05) is 32.7 Å². The first-order valence-corrected chi connectivity index (χ1v) is 5.66. The Labute approximate surface area is 91.2 Å². The predicted molar refractivity (Wildman–Crippen MR) is 57.6 cm³/mol. The minimum Gasteiger partial charge on any atom is -0.469 e. The maximum Gasteiger partial charge on any atom is 0.313 e. The molecule has 0 unspecified atom stereocenters. The molecule has 0 aromatic carbocycles. The average Bonchev–Trinajstić information content (AvgIpc) is 3.01. The van der Waals surface area contributed by atoms with Gasteiger partial charge in [0.1, 0.15) is 0 Å². The second-order valence-electron chi connectivity index (χ2n) is 4.85. The van der Waals surface area contributed by atoms with Gasteiger partial charge in [0.05, 0.1) is 12.5 Å². The minimum atomic E-state index is -0.148. The molecule has 1 saturated carbocycles. The summed E-state index contributed by atoms with van der Waals surface area (Å²) in [5.41, 5.74) is -0.148. The number of methoxy groups -OCH3 is 1. The van der Waals surface area contributed by atoms with E-state index in [0.717, 1.165) is 45.6 Å². The average molecular weight is 212 g/mol. The van der Waals surface area contributed by atoms with Gasteiger partial charge in [-0.15, -0.1) is 0 Å². The molecule has 0 amide bonds. The molecule has 2 aliphatic rings. The first-order chi connectivity index (χ1) is 7.16. The van der Waals surface area contributed by atoms with E-state index in [9.17, 15) is 4.79 Å². The fraction of sp³-hybridized carbons (Fsp3) is 0.909. The summed E-state index contributed by atoms with van der Waals surface area (Å²) < 4.78 is 4.86. The van der Waals surface area contributed by atoms with Gasteiger partial charge in [-0.05, 0) is 19.9 Å². The van der Waals surface area contributed by atoms with Crippen LogP contribution in [0.25, 0.3) is 0 Å². The molecule has 4 heteroatoms. The summed E-state index contributed by atoms with van der Waals surface area (Å²) >= 11 is 0. The lowest BCUT2D eigenvalue weighted by Gasteiger charge is -2.34. The molecule has 1 aliphatic carbocycles. The van der Waals surface area contributed by atoms with Crippen molar-refractivity contribution in [3.8, 4) is 0 Å². The van der Waals surface area contributed by atoms with Crippen LogP contribution in [0.2, 0.25) is 0 Å². The Morgan fingerprint density at radius 1 is 1.27 bits per heavy atom. The Kier molecular flexibility index (Phi) is 2.98. The van der Waals surface area contributed by atoms with E-state index in [2.05, 4.69) is 16.8 Å². The van der Waals surface area contributed by atoms with Crippen molar-refractivity contribution in [3.63, 3.8) is 0 Å². The lowest BCUT2D eigenvalue weighted by Crippen LogP contribution is -2.47. The molecule has 86 valence electrons. The monoisotopic (exact) mass is 212 g/mol. The molecule has 1 heterocycles. The molecule has 2 rings (SSSR count). The molecule has 2 fully saturated rings. The Balaban J connectivity index is 1.84. The molecule has 0 spiro atoms. The summed E-state index contributed by atoms with van der Waals surface area (Å²) in [5, 5.41) is 0. The number of carbonyl (C=O) groups is 1. The summed E-state index contributed by atoms with van der Waals surface area (Å²) in [6.45, 7) is 5.27. The van der Waals surface area contributed by atoms with Crippen molar-refractivity contribution in [2.45, 2.75) is 12.8 Å². The number of carbonyl (C=O) groups excluding carboxylic acids is 1. The van der Waals surface area contributed by atoms with Crippen LogP contribution in [0, 0.1) is 5.41 Å². The first kappa shape index (κ1) is 10.9. The zero-order chi connectivity index (χ0) is 10.9. The van der Waals surface area contributed by atoms with Crippen LogP contribution in [0.15, 0.2) is 0 Å². The molecule has 4 nitrogen and oxygen atoms in total. The highest BCUT2D eigenvalue weighted by atomic mass is 16.5. The normalized spacial score (nSPS) is 26.3. The third-order valence-electron chi connectivity index (χ3n) is 3.59. The molecule has 0 aromatic heterocycles. The molecule has 0 N–H and O–H groups in total. The predicted octanol–water partition coefficient (Wildman–Crippen LogP) is 0.187. The van der Waals surface area contributed by atoms with Gasteiger partial charge >= 0.3 is 5.97 Å². The third kappa shape index (κ3) is 2.32. The number of esters is 1. The molecular weight excluding hydrogens is 192 g/mol. The molecule has 0 bridgehead atoms. The number of rotatable bonds is 3. The Hall–Kier alpha value is -0.610. The summed E-state index contributed by atoms with van der Waals surface area (Å²) in [6.07, 6.45) is 2.01. The van der Waals surface area contributed by atoms with Crippen LogP contribution in [-0.2, 0) is 9.53 Å². The van der Waals surface area contributed by atoms with Gasteiger partial charge in [-0.3, -0.25) is 9.69 Å². The van der Waals surface area contributed by atoms with E-state index in [-0.39, 0.29) is 11.4 Å². The van der Waals surface area contributed by atoms with Crippen molar-refractivity contribution < 1.29 is 9.53 Å². The smallest absolute Gasteiger partial charge is 0.313 e. The largest absolute Gasteiger partial charge is 0.469 e. The SMILES string of the molecule is COC(=O)C1(CN2CCN(C)CC2)CC1. The van der Waals surface area contributed by atoms with Crippen LogP contribution >= 0.6 is 0 Å². The topological polar surface area (TPSA) is 32.8 Å². The summed E-state index contributed by atoms with van der Waals surface area (Å²) in [6, 6.07) is 0. The molecule has 1 saturated heterocycles. The van der Waals surface area contributed by atoms with E-state index in [4.69, 9.17) is 4.74 Å². The van der Waals surface area contributed by atoms with Gasteiger partial charge in [-0.1, -0.05) is 0 Å². The lowest BCUT2D eigenvalue weighted by molar-refractivity contribution is -0.148. The number of nitrogens with zero attached hydrogens (tertiary/aromatic N) is 2. The first-order valence-electron chi connectivity index (χ1n) is 5.66. The number of hydrogen-bond donors (Lipinski definition) is 0. The van der Waals surface area contributed by atoms with E-state index in [1.54, 1.807) is 0 Å². The lowest BCUT2D eigenvalue weighted by atomic mass is 10.1. The maximum atomic E-state index is 11.6. The minimum absolute atomic E-state index is 0.0126. The van der Waals surface area contributed by atoms with Gasteiger partial charge in [-0.2, -0.15) is 0 Å². The Morgan fingerprint density at radius 2 is 1.87 bits per heavy atom. The van der Waals surface area contributed by atoms with Gasteiger partial charge in [0.25, 0.3) is 0 Å². The highest BCUT2D eigenvalue weighted by Crippen LogP contribution is 2.47. The van der Waals surface area contributed by atoms with Gasteiger partial charge in [0.15, 0.2) is 0 Å². The van der Waals surface area contributed by atoms with Crippen molar-refractivity contribution in [1.29, 1.82) is 0 Å². The van der Waals surface area contributed by atoms with Crippen molar-refractivity contribution in [1.82, 2.24) is 9.80 Å². The molecule has 15 heavy (non-hydrogen) atoms. The third-order valence-corrected chi connectivity index (χ3v) is 3.59. The molecule has 0 aromatic rings. The van der Waals surface area contributed by atoms with Crippen molar-refractivity contribution in [3.05, 3.63) is 0 Å². The summed E-state index contributed by atoms with van der Waals surface area (Å²) in [7, 11) is 3.64. The zero-order valence-electron chi connectivity index (χ0n) is 9.66. The second kappa shape index (κ2) is 4.10. The van der Waals surface area contributed by atoms with Crippen LogP contribution < -0.4 is 0 Å². The number of hydrogen-bond acceptors (Lipinski definition) is 4. The number of piperazine rings is 1. The van der Waals surface area contributed by atoms with E-state index in [1.807, 2.05) is 0 Å². The molecule has 0 atom stereocenters. The zero-order valence-corrected chi connectivity index (χ0v) is 9.66. The van der Waals surface area contributed by atoms with Crippen molar-refractivity contribution in [2.75, 3.05) is 46.9 Å². The van der Waals surface area contributed by atoms with E-state index >= 15 is 0 Å². The molecule has 1 aliphatic heterocycles. The van der Waals surface area contributed by atoms with E-state index in [1.165, 1.54) is 7.11 Å². The standard InChI is InChI=1S/C11H20N2O2/c1-12-5-7-13(8-6-12)9-11(3-4-11)10(14)15-2/h3-9H2,1-2H3. The van der Waals surface area contributed by atoms with Crippen LogP contribution in [0.4, 0.5) is 0 Å². The van der Waals surface area contributed by atoms with Crippen LogP contribution in [-0.4, -0.2) is 62.7 Å². The van der Waals surface area contributed by atoms with E-state index < -0.39 is 0 Å². The number of likely N-dealkylation sites (N-methyl/N-ethyl adjacent to an activating group) is 1. The fourth-order valence-corrected chi connectivity index (χ4v) is 2.23. The highest BCUT2D eigenvalue weighted by molar-refractivity contribution is 5.80. The van der Waals surface area contributed by atoms with Gasteiger partial charge < -0.3 is 9.64 Å². The van der Waals surface area contributed by atoms with Crippen LogP contribution in [0.3, 0.4) is 0 Å². The quantitative estimate of drug-likeness (QED) is 0.625. The molecular formula is C11H20N2O2. The summed E-state index contributed by atoms with van der Waals surface area (Å²) in [4.78, 5) is 16.3. The Bertz CT molecular complexity index is 243. The summed E-state index contributed by atoms with van der Waals surface area (Å²) in [5.74, 6) is -0.0126. The molecule has 0 radical (unpaired) electrons. The van der Waals surface area contributed by atoms with Crippen LogP contribution in [0.5, 0.6) is 0 Å². The van der Waals surface area contributed by atoms with Gasteiger partial charge in [-0.25, -0.2) is 0 Å². The van der Waals surface area contributed by atoms with Crippen molar-refractivity contribution in [2.24, 2.45) is 5.41 Å².